The van der Waals surface area contributed by atoms with Crippen LogP contribution in [0.15, 0.2) is 78.9 Å². The van der Waals surface area contributed by atoms with Crippen LogP contribution in [0.1, 0.15) is 42.0 Å². The number of aliphatic carboxylic acids is 1. The molecule has 3 aromatic rings. The van der Waals surface area contributed by atoms with Crippen molar-refractivity contribution in [2.24, 2.45) is 0 Å². The molecule has 1 N–H and O–H groups in total. The van der Waals surface area contributed by atoms with Gasteiger partial charge in [-0.2, -0.15) is 0 Å². The third-order valence-corrected chi connectivity index (χ3v) is 5.71. The van der Waals surface area contributed by atoms with Crippen molar-refractivity contribution in [3.05, 3.63) is 95.6 Å². The fraction of sp³-hybridized carbons (Fsp3) is 0.269. The summed E-state index contributed by atoms with van der Waals surface area (Å²) in [5.41, 5.74) is 3.33. The fourth-order valence-corrected chi connectivity index (χ4v) is 4.22. The lowest BCUT2D eigenvalue weighted by Gasteiger charge is -2.39. The minimum absolute atomic E-state index is 0.133. The van der Waals surface area contributed by atoms with Gasteiger partial charge in [0.25, 0.3) is 0 Å². The average molecular weight is 402 g/mol. The molecule has 2 unspecified atom stereocenters. The molecule has 1 saturated heterocycles. The van der Waals surface area contributed by atoms with Crippen molar-refractivity contribution in [1.82, 2.24) is 4.90 Å². The number of hydrogen-bond acceptors (Lipinski definition) is 3. The zero-order valence-electron chi connectivity index (χ0n) is 17.2. The number of carbonyl (C=O) groups is 1. The first-order chi connectivity index (χ1) is 14.6. The smallest absolute Gasteiger partial charge is 0.320 e. The van der Waals surface area contributed by atoms with Crippen LogP contribution in [0.2, 0.25) is 0 Å². The Bertz CT molecular complexity index is 985. The molecule has 1 aliphatic rings. The zero-order valence-corrected chi connectivity index (χ0v) is 17.2. The van der Waals surface area contributed by atoms with E-state index in [1.807, 2.05) is 48.5 Å². The highest BCUT2D eigenvalue weighted by Crippen LogP contribution is 2.36. The first-order valence-electron chi connectivity index (χ1n) is 10.5. The molecule has 4 heteroatoms. The highest BCUT2D eigenvalue weighted by Gasteiger charge is 2.35. The Morgan fingerprint density at radius 2 is 1.67 bits per heavy atom. The molecule has 0 radical (unpaired) electrons. The van der Waals surface area contributed by atoms with Gasteiger partial charge in [-0.1, -0.05) is 66.6 Å². The maximum Gasteiger partial charge on any atom is 0.320 e. The van der Waals surface area contributed by atoms with E-state index in [9.17, 15) is 9.90 Å². The molecule has 0 spiro atoms. The van der Waals surface area contributed by atoms with Gasteiger partial charge in [0.1, 0.15) is 17.5 Å². The monoisotopic (exact) mass is 401 g/mol. The Kier molecular flexibility index (Phi) is 6.15. The second-order valence-electron chi connectivity index (χ2n) is 7.89. The van der Waals surface area contributed by atoms with Crippen LogP contribution >= 0.6 is 0 Å². The van der Waals surface area contributed by atoms with Gasteiger partial charge in [0, 0.05) is 0 Å². The third-order valence-electron chi connectivity index (χ3n) is 5.71. The molecule has 1 heterocycles. The maximum absolute atomic E-state index is 12.0. The largest absolute Gasteiger partial charge is 0.480 e. The first kappa shape index (κ1) is 20.2. The van der Waals surface area contributed by atoms with Crippen LogP contribution in [0.3, 0.4) is 0 Å². The summed E-state index contributed by atoms with van der Waals surface area (Å²) in [6, 6.07) is 25.5. The standard InChI is InChI=1S/C26H27NO3/c1-19-13-15-20(16-14-19)25(27-17-6-5-12-24(27)26(28)29)21-8-7-11-23(18-21)30-22-9-3-2-4-10-22/h2-4,7-11,13-16,18,24-25H,5-6,12,17H2,1H3,(H,28,29). The predicted octanol–water partition coefficient (Wildman–Crippen LogP) is 5.82. The lowest BCUT2D eigenvalue weighted by Crippen LogP contribution is -2.46. The van der Waals surface area contributed by atoms with Gasteiger partial charge in [-0.3, -0.25) is 9.69 Å². The summed E-state index contributed by atoms with van der Waals surface area (Å²) >= 11 is 0. The first-order valence-corrected chi connectivity index (χ1v) is 10.5. The second kappa shape index (κ2) is 9.14. The summed E-state index contributed by atoms with van der Waals surface area (Å²) < 4.78 is 6.05. The normalized spacial score (nSPS) is 18.0. The molecule has 1 aliphatic heterocycles. The molecule has 0 amide bonds. The Morgan fingerprint density at radius 1 is 0.933 bits per heavy atom. The molecule has 3 aromatic carbocycles. The van der Waals surface area contributed by atoms with E-state index >= 15 is 0 Å². The molecular weight excluding hydrogens is 374 g/mol. The molecule has 30 heavy (non-hydrogen) atoms. The number of nitrogens with zero attached hydrogens (tertiary/aromatic N) is 1. The lowest BCUT2D eigenvalue weighted by molar-refractivity contribution is -0.145. The van der Waals surface area contributed by atoms with Gasteiger partial charge in [-0.15, -0.1) is 0 Å². The van der Waals surface area contributed by atoms with Crippen molar-refractivity contribution in [3.63, 3.8) is 0 Å². The molecule has 0 saturated carbocycles. The van der Waals surface area contributed by atoms with E-state index < -0.39 is 12.0 Å². The minimum Gasteiger partial charge on any atom is -0.480 e. The number of carboxylic acids is 1. The van der Waals surface area contributed by atoms with Crippen molar-refractivity contribution >= 4 is 5.97 Å². The lowest BCUT2D eigenvalue weighted by atomic mass is 9.91. The van der Waals surface area contributed by atoms with E-state index in [0.717, 1.165) is 42.0 Å². The molecule has 4 rings (SSSR count). The van der Waals surface area contributed by atoms with Crippen LogP contribution in [0.25, 0.3) is 0 Å². The number of rotatable bonds is 6. The highest BCUT2D eigenvalue weighted by molar-refractivity contribution is 5.73. The summed E-state index contributed by atoms with van der Waals surface area (Å²) in [7, 11) is 0. The zero-order chi connectivity index (χ0) is 20.9. The quantitative estimate of drug-likeness (QED) is 0.566. The fourth-order valence-electron chi connectivity index (χ4n) is 4.22. The SMILES string of the molecule is Cc1ccc(C(c2cccc(Oc3ccccc3)c2)N2CCCCC2C(=O)O)cc1. The number of carboxylic acid groups (broad SMARTS) is 1. The van der Waals surface area contributed by atoms with Crippen molar-refractivity contribution in [2.45, 2.75) is 38.3 Å². The molecule has 0 aliphatic carbocycles. The van der Waals surface area contributed by atoms with E-state index in [-0.39, 0.29) is 6.04 Å². The van der Waals surface area contributed by atoms with E-state index in [4.69, 9.17) is 4.74 Å². The number of ether oxygens (including phenoxy) is 1. The van der Waals surface area contributed by atoms with Crippen LogP contribution in [-0.4, -0.2) is 28.6 Å². The van der Waals surface area contributed by atoms with Gasteiger partial charge in [-0.25, -0.2) is 0 Å². The maximum atomic E-state index is 12.0. The van der Waals surface area contributed by atoms with Gasteiger partial charge in [0.15, 0.2) is 0 Å². The van der Waals surface area contributed by atoms with Crippen LogP contribution in [-0.2, 0) is 4.79 Å². The highest BCUT2D eigenvalue weighted by atomic mass is 16.5. The topological polar surface area (TPSA) is 49.8 Å². The number of aryl methyl sites for hydroxylation is 1. The molecule has 4 nitrogen and oxygen atoms in total. The third kappa shape index (κ3) is 4.55. The van der Waals surface area contributed by atoms with Gasteiger partial charge >= 0.3 is 5.97 Å². The number of para-hydroxylation sites is 1. The summed E-state index contributed by atoms with van der Waals surface area (Å²) in [6.45, 7) is 2.83. The number of likely N-dealkylation sites (tertiary alicyclic amines) is 1. The van der Waals surface area contributed by atoms with Crippen molar-refractivity contribution in [1.29, 1.82) is 0 Å². The Hall–Kier alpha value is -3.11. The average Bonchev–Trinajstić information content (AvgIpc) is 2.77. The van der Waals surface area contributed by atoms with Crippen molar-refractivity contribution < 1.29 is 14.6 Å². The predicted molar refractivity (Wildman–Crippen MR) is 118 cm³/mol. The van der Waals surface area contributed by atoms with Gasteiger partial charge in [0.2, 0.25) is 0 Å². The summed E-state index contributed by atoms with van der Waals surface area (Å²) in [5.74, 6) is 0.783. The number of hydrogen-bond donors (Lipinski definition) is 1. The van der Waals surface area contributed by atoms with Gasteiger partial charge in [0.05, 0.1) is 6.04 Å². The minimum atomic E-state index is -0.747. The van der Waals surface area contributed by atoms with E-state index in [1.165, 1.54) is 5.56 Å². The van der Waals surface area contributed by atoms with E-state index in [1.54, 1.807) is 0 Å². The Balaban J connectivity index is 1.73. The summed E-state index contributed by atoms with van der Waals surface area (Å²) in [5, 5.41) is 9.88. The molecule has 1 fully saturated rings. The Labute approximate surface area is 177 Å². The number of piperidine rings is 1. The van der Waals surface area contributed by atoms with E-state index in [2.05, 4.69) is 42.2 Å². The molecule has 0 bridgehead atoms. The van der Waals surface area contributed by atoms with Crippen molar-refractivity contribution in [2.75, 3.05) is 6.54 Å². The number of benzene rings is 3. The van der Waals surface area contributed by atoms with Crippen molar-refractivity contribution in [3.8, 4) is 11.5 Å². The van der Waals surface area contributed by atoms with Crippen LogP contribution < -0.4 is 4.74 Å². The molecular formula is C26H27NO3. The molecule has 0 aromatic heterocycles. The Morgan fingerprint density at radius 3 is 2.40 bits per heavy atom. The molecule has 2 atom stereocenters. The van der Waals surface area contributed by atoms with E-state index in [0.29, 0.717) is 6.42 Å². The second-order valence-corrected chi connectivity index (χ2v) is 7.89. The summed E-state index contributed by atoms with van der Waals surface area (Å²) in [6.07, 6.45) is 2.63. The summed E-state index contributed by atoms with van der Waals surface area (Å²) in [4.78, 5) is 14.2. The van der Waals surface area contributed by atoms with Gasteiger partial charge in [-0.05, 0) is 61.7 Å². The van der Waals surface area contributed by atoms with Crippen LogP contribution in [0.5, 0.6) is 11.5 Å². The van der Waals surface area contributed by atoms with Crippen LogP contribution in [0.4, 0.5) is 0 Å². The molecule has 154 valence electrons. The van der Waals surface area contributed by atoms with Gasteiger partial charge < -0.3 is 9.84 Å². The van der Waals surface area contributed by atoms with Crippen LogP contribution in [0, 0.1) is 6.92 Å².